The van der Waals surface area contributed by atoms with Crippen LogP contribution in [0.15, 0.2) is 47.1 Å². The first kappa shape index (κ1) is 19.8. The molecule has 1 aliphatic rings. The van der Waals surface area contributed by atoms with Crippen LogP contribution in [0.1, 0.15) is 41.5 Å². The van der Waals surface area contributed by atoms with Crippen LogP contribution >= 0.6 is 0 Å². The molecule has 2 rings (SSSR count). The third-order valence-corrected chi connectivity index (χ3v) is 9.11. The van der Waals surface area contributed by atoms with Gasteiger partial charge in [-0.25, -0.2) is 0 Å². The fourth-order valence-electron chi connectivity index (χ4n) is 3.49. The molecule has 0 aromatic heterocycles. The van der Waals surface area contributed by atoms with Crippen molar-refractivity contribution in [3.8, 4) is 5.75 Å². The lowest BCUT2D eigenvalue weighted by Crippen LogP contribution is -2.59. The third kappa shape index (κ3) is 3.54. The highest BCUT2D eigenvalue weighted by Gasteiger charge is 2.58. The molecule has 5 heteroatoms. The molecule has 4 nitrogen and oxygen atoms in total. The van der Waals surface area contributed by atoms with Crippen LogP contribution in [0.2, 0.25) is 5.04 Å². The molecule has 0 heterocycles. The van der Waals surface area contributed by atoms with E-state index in [1.54, 1.807) is 7.11 Å². The third-order valence-electron chi connectivity index (χ3n) is 5.22. The van der Waals surface area contributed by atoms with Gasteiger partial charge in [0.05, 0.1) is 12.1 Å². The van der Waals surface area contributed by atoms with Crippen molar-refractivity contribution in [3.05, 3.63) is 47.1 Å². The number of anilines is 1. The molecule has 1 unspecified atom stereocenters. The van der Waals surface area contributed by atoms with Crippen LogP contribution in [-0.4, -0.2) is 29.0 Å². The Morgan fingerprint density at radius 3 is 1.96 bits per heavy atom. The molecule has 1 aromatic rings. The van der Waals surface area contributed by atoms with Crippen LogP contribution in [0.5, 0.6) is 5.75 Å². The smallest absolute Gasteiger partial charge is 0.471 e. The minimum absolute atomic E-state index is 0.271. The number of methoxy groups -OCH3 is 1. The number of ether oxygens (including phenoxy) is 1. The van der Waals surface area contributed by atoms with Gasteiger partial charge in [0.2, 0.25) is 0 Å². The summed E-state index contributed by atoms with van der Waals surface area (Å²) in [6.07, 6.45) is 2.31. The molecular weight excluding hydrogens is 330 g/mol. The van der Waals surface area contributed by atoms with Gasteiger partial charge in [-0.15, -0.1) is 0 Å². The average molecular weight is 362 g/mol. The summed E-state index contributed by atoms with van der Waals surface area (Å²) in [5.74, 6) is 0.834. The van der Waals surface area contributed by atoms with E-state index in [2.05, 4.69) is 38.8 Å². The normalized spacial score (nSPS) is 20.7. The number of hydrogen-bond acceptors (Lipinski definition) is 4. The summed E-state index contributed by atoms with van der Waals surface area (Å²) < 4.78 is 18.0. The second-order valence-corrected chi connectivity index (χ2v) is 9.71. The van der Waals surface area contributed by atoms with Crippen molar-refractivity contribution in [1.82, 2.24) is 0 Å². The van der Waals surface area contributed by atoms with Crippen LogP contribution in [0.4, 0.5) is 5.69 Å². The second kappa shape index (κ2) is 7.77. The minimum Gasteiger partial charge on any atom is -0.497 e. The van der Waals surface area contributed by atoms with Gasteiger partial charge in [-0.05, 0) is 71.4 Å². The second-order valence-electron chi connectivity index (χ2n) is 6.62. The van der Waals surface area contributed by atoms with E-state index in [1.807, 2.05) is 38.1 Å². The fraction of sp³-hybridized carbons (Fsp3) is 0.500. The lowest BCUT2D eigenvalue weighted by molar-refractivity contribution is 0.175. The summed E-state index contributed by atoms with van der Waals surface area (Å²) in [5, 5.41) is -0.271. The Hall–Kier alpha value is -1.56. The molecule has 0 bridgehead atoms. The molecule has 138 valence electrons. The van der Waals surface area contributed by atoms with Gasteiger partial charge in [0.15, 0.2) is 0 Å². The predicted molar refractivity (Wildman–Crippen MR) is 106 cm³/mol. The van der Waals surface area contributed by atoms with Gasteiger partial charge < -0.3 is 18.6 Å². The monoisotopic (exact) mass is 361 g/mol. The Balaban J connectivity index is 2.50. The molecule has 0 aliphatic heterocycles. The molecule has 0 saturated carbocycles. The van der Waals surface area contributed by atoms with Crippen molar-refractivity contribution in [2.24, 2.45) is 0 Å². The average Bonchev–Trinajstić information content (AvgIpc) is 2.80. The molecule has 1 atom stereocenters. The van der Waals surface area contributed by atoms with Crippen LogP contribution in [0, 0.1) is 0 Å². The van der Waals surface area contributed by atoms with Crippen molar-refractivity contribution in [2.45, 2.75) is 46.6 Å². The largest absolute Gasteiger partial charge is 0.497 e. The van der Waals surface area contributed by atoms with Crippen molar-refractivity contribution < 1.29 is 13.6 Å². The summed E-state index contributed by atoms with van der Waals surface area (Å²) in [5.41, 5.74) is 4.93. The maximum absolute atomic E-state index is 6.38. The SMILES string of the molecule is CCO[Si](Nc1ccc(OC)cc1)(OCC)C1(C)C=C(C)C(C)=C1C. The molecular formula is C20H31NO3Si. The zero-order valence-electron chi connectivity index (χ0n) is 16.5. The van der Waals surface area contributed by atoms with E-state index in [9.17, 15) is 0 Å². The van der Waals surface area contributed by atoms with Gasteiger partial charge in [0.1, 0.15) is 5.75 Å². The minimum atomic E-state index is -2.83. The highest BCUT2D eigenvalue weighted by molar-refractivity contribution is 6.75. The van der Waals surface area contributed by atoms with Crippen molar-refractivity contribution in [1.29, 1.82) is 0 Å². The molecule has 1 aromatic carbocycles. The zero-order valence-corrected chi connectivity index (χ0v) is 17.5. The molecule has 0 fully saturated rings. The maximum atomic E-state index is 6.38. The first-order valence-electron chi connectivity index (χ1n) is 8.91. The molecule has 0 saturated heterocycles. The predicted octanol–water partition coefficient (Wildman–Crippen LogP) is 5.18. The standard InChI is InChI=1S/C20H31NO3Si/c1-8-23-25(24-9-2,20(6)14-15(3)16(4)17(20)5)21-18-10-12-19(22-7)13-11-18/h10-14,21H,8-9H2,1-7H3. The Labute approximate surface area is 153 Å². The highest BCUT2D eigenvalue weighted by atomic mass is 28.4. The Kier molecular flexibility index (Phi) is 6.14. The van der Waals surface area contributed by atoms with E-state index in [1.165, 1.54) is 16.7 Å². The van der Waals surface area contributed by atoms with Crippen molar-refractivity contribution in [3.63, 3.8) is 0 Å². The summed E-state index contributed by atoms with van der Waals surface area (Å²) in [4.78, 5) is 3.66. The van der Waals surface area contributed by atoms with Gasteiger partial charge in [-0.3, -0.25) is 0 Å². The van der Waals surface area contributed by atoms with E-state index < -0.39 is 8.72 Å². The molecule has 0 amide bonds. The Bertz CT molecular complexity index is 660. The summed E-state index contributed by atoms with van der Waals surface area (Å²) in [7, 11) is -1.15. The summed E-state index contributed by atoms with van der Waals surface area (Å²) in [6.45, 7) is 14.0. The maximum Gasteiger partial charge on any atom is 0.471 e. The van der Waals surface area contributed by atoms with E-state index >= 15 is 0 Å². The van der Waals surface area contributed by atoms with Crippen molar-refractivity contribution in [2.75, 3.05) is 25.3 Å². The van der Waals surface area contributed by atoms with Crippen LogP contribution in [-0.2, 0) is 8.85 Å². The number of rotatable bonds is 8. The topological polar surface area (TPSA) is 39.7 Å². The molecule has 1 aliphatic carbocycles. The van der Waals surface area contributed by atoms with E-state index in [0.717, 1.165) is 11.4 Å². The summed E-state index contributed by atoms with van der Waals surface area (Å²) >= 11 is 0. The van der Waals surface area contributed by atoms with Gasteiger partial charge in [-0.1, -0.05) is 17.2 Å². The number of allylic oxidation sites excluding steroid dienone is 4. The lowest BCUT2D eigenvalue weighted by atomic mass is 10.0. The molecule has 0 radical (unpaired) electrons. The fourth-order valence-corrected chi connectivity index (χ4v) is 7.03. The van der Waals surface area contributed by atoms with E-state index in [0.29, 0.717) is 13.2 Å². The van der Waals surface area contributed by atoms with Crippen molar-refractivity contribution >= 4 is 14.4 Å². The first-order valence-corrected chi connectivity index (χ1v) is 10.7. The van der Waals surface area contributed by atoms with Crippen LogP contribution in [0.3, 0.4) is 0 Å². The van der Waals surface area contributed by atoms with Gasteiger partial charge >= 0.3 is 8.72 Å². The number of nitrogens with one attached hydrogen (secondary N) is 1. The molecule has 25 heavy (non-hydrogen) atoms. The number of benzene rings is 1. The van der Waals surface area contributed by atoms with E-state index in [4.69, 9.17) is 13.6 Å². The zero-order chi connectivity index (χ0) is 18.7. The summed E-state index contributed by atoms with van der Waals surface area (Å²) in [6, 6.07) is 7.93. The Morgan fingerprint density at radius 2 is 1.56 bits per heavy atom. The highest BCUT2D eigenvalue weighted by Crippen LogP contribution is 2.53. The number of hydrogen-bond donors (Lipinski definition) is 1. The van der Waals surface area contributed by atoms with Gasteiger partial charge in [0.25, 0.3) is 0 Å². The van der Waals surface area contributed by atoms with Crippen LogP contribution in [0.25, 0.3) is 0 Å². The van der Waals surface area contributed by atoms with Gasteiger partial charge in [-0.2, -0.15) is 0 Å². The molecule has 1 N–H and O–H groups in total. The van der Waals surface area contributed by atoms with E-state index in [-0.39, 0.29) is 5.04 Å². The van der Waals surface area contributed by atoms with Crippen LogP contribution < -0.4 is 9.72 Å². The molecule has 0 spiro atoms. The first-order chi connectivity index (χ1) is 11.8. The van der Waals surface area contributed by atoms with Gasteiger partial charge in [0, 0.05) is 18.9 Å². The quantitative estimate of drug-likeness (QED) is 0.648. The Morgan fingerprint density at radius 1 is 1.00 bits per heavy atom. The lowest BCUT2D eigenvalue weighted by Gasteiger charge is -2.42.